The van der Waals surface area contributed by atoms with Crippen molar-refractivity contribution in [1.82, 2.24) is 4.90 Å². The average molecular weight is 284 g/mol. The van der Waals surface area contributed by atoms with Gasteiger partial charge in [0, 0.05) is 24.7 Å². The van der Waals surface area contributed by atoms with Gasteiger partial charge in [0.2, 0.25) is 0 Å². The van der Waals surface area contributed by atoms with E-state index in [2.05, 4.69) is 29.2 Å². The van der Waals surface area contributed by atoms with Gasteiger partial charge in [-0.25, -0.2) is 4.39 Å². The summed E-state index contributed by atoms with van der Waals surface area (Å²) in [5.74, 6) is 0.364. The molecule has 2 N–H and O–H groups in total. The highest BCUT2D eigenvalue weighted by Gasteiger charge is 2.25. The molecule has 0 aliphatic carbocycles. The Morgan fingerprint density at radius 3 is 2.57 bits per heavy atom. The quantitative estimate of drug-likeness (QED) is 0.933. The largest absolute Gasteiger partial charge is 0.323 e. The molecule has 110 valence electrons. The smallest absolute Gasteiger partial charge is 0.128 e. The second kappa shape index (κ2) is 6.37. The van der Waals surface area contributed by atoms with Crippen molar-refractivity contribution in [1.29, 1.82) is 0 Å². The molecule has 21 heavy (non-hydrogen) atoms. The van der Waals surface area contributed by atoms with Gasteiger partial charge in [-0.2, -0.15) is 0 Å². The number of hydrogen-bond acceptors (Lipinski definition) is 2. The zero-order valence-corrected chi connectivity index (χ0v) is 12.1. The van der Waals surface area contributed by atoms with Crippen molar-refractivity contribution >= 4 is 0 Å². The Hall–Kier alpha value is -1.71. The number of nitrogens with two attached hydrogens (primary N) is 1. The Labute approximate surface area is 125 Å². The molecule has 0 radical (unpaired) electrons. The summed E-state index contributed by atoms with van der Waals surface area (Å²) in [5, 5.41) is 0. The standard InChI is InChI=1S/C18H21FN2/c19-17-9-5-4-8-16(17)18(20)13-21-11-10-15(12-21)14-6-2-1-3-7-14/h1-9,15,18H,10-13,20H2. The van der Waals surface area contributed by atoms with Crippen molar-refractivity contribution in [2.75, 3.05) is 19.6 Å². The van der Waals surface area contributed by atoms with E-state index < -0.39 is 0 Å². The molecule has 2 unspecified atom stereocenters. The lowest BCUT2D eigenvalue weighted by Gasteiger charge is -2.21. The van der Waals surface area contributed by atoms with E-state index in [0.29, 0.717) is 18.0 Å². The SMILES string of the molecule is NC(CN1CCC(c2ccccc2)C1)c1ccccc1F. The second-order valence-corrected chi connectivity index (χ2v) is 5.78. The Balaban J connectivity index is 1.61. The number of hydrogen-bond donors (Lipinski definition) is 1. The zero-order valence-electron chi connectivity index (χ0n) is 12.1. The number of likely N-dealkylation sites (tertiary alicyclic amines) is 1. The predicted molar refractivity (Wildman–Crippen MR) is 83.6 cm³/mol. The van der Waals surface area contributed by atoms with Crippen LogP contribution in [0.5, 0.6) is 0 Å². The van der Waals surface area contributed by atoms with Crippen LogP contribution >= 0.6 is 0 Å². The average Bonchev–Trinajstić information content (AvgIpc) is 2.97. The highest BCUT2D eigenvalue weighted by atomic mass is 19.1. The molecule has 2 atom stereocenters. The zero-order chi connectivity index (χ0) is 14.7. The molecule has 0 saturated carbocycles. The maximum Gasteiger partial charge on any atom is 0.128 e. The van der Waals surface area contributed by atoms with Crippen LogP contribution in [0.2, 0.25) is 0 Å². The molecule has 0 bridgehead atoms. The van der Waals surface area contributed by atoms with Crippen molar-refractivity contribution in [3.8, 4) is 0 Å². The fraction of sp³-hybridized carbons (Fsp3) is 0.333. The highest BCUT2D eigenvalue weighted by Crippen LogP contribution is 2.28. The molecule has 3 heteroatoms. The minimum absolute atomic E-state index is 0.205. The molecule has 1 heterocycles. The van der Waals surface area contributed by atoms with Crippen molar-refractivity contribution in [3.63, 3.8) is 0 Å². The molecule has 1 fully saturated rings. The third-order valence-corrected chi connectivity index (χ3v) is 4.30. The fourth-order valence-electron chi connectivity index (χ4n) is 3.15. The molecule has 0 amide bonds. The summed E-state index contributed by atoms with van der Waals surface area (Å²) in [6, 6.07) is 17.1. The second-order valence-electron chi connectivity index (χ2n) is 5.78. The predicted octanol–water partition coefficient (Wildman–Crippen LogP) is 3.32. The summed E-state index contributed by atoms with van der Waals surface area (Å²) in [6.07, 6.45) is 1.15. The number of nitrogens with zero attached hydrogens (tertiary/aromatic N) is 1. The Morgan fingerprint density at radius 1 is 1.10 bits per heavy atom. The summed E-state index contributed by atoms with van der Waals surface area (Å²) in [5.41, 5.74) is 8.18. The van der Waals surface area contributed by atoms with Crippen molar-refractivity contribution < 1.29 is 4.39 Å². The lowest BCUT2D eigenvalue weighted by Crippen LogP contribution is -2.30. The lowest BCUT2D eigenvalue weighted by molar-refractivity contribution is 0.309. The molecule has 1 saturated heterocycles. The number of benzene rings is 2. The summed E-state index contributed by atoms with van der Waals surface area (Å²) in [4.78, 5) is 2.34. The van der Waals surface area contributed by atoms with Crippen LogP contribution in [0, 0.1) is 5.82 Å². The van der Waals surface area contributed by atoms with Gasteiger partial charge in [0.25, 0.3) is 0 Å². The van der Waals surface area contributed by atoms with Gasteiger partial charge in [-0.15, -0.1) is 0 Å². The Morgan fingerprint density at radius 2 is 1.81 bits per heavy atom. The molecule has 0 aromatic heterocycles. The fourth-order valence-corrected chi connectivity index (χ4v) is 3.15. The van der Waals surface area contributed by atoms with Crippen molar-refractivity contribution in [3.05, 3.63) is 71.5 Å². The van der Waals surface area contributed by atoms with Gasteiger partial charge < -0.3 is 10.6 Å². The third kappa shape index (κ3) is 3.31. The molecule has 2 aromatic carbocycles. The topological polar surface area (TPSA) is 29.3 Å². The third-order valence-electron chi connectivity index (χ3n) is 4.30. The molecule has 2 nitrogen and oxygen atoms in total. The summed E-state index contributed by atoms with van der Waals surface area (Å²) in [7, 11) is 0. The summed E-state index contributed by atoms with van der Waals surface area (Å²) >= 11 is 0. The molecular weight excluding hydrogens is 263 g/mol. The molecule has 3 rings (SSSR count). The lowest BCUT2D eigenvalue weighted by atomic mass is 9.99. The van der Waals surface area contributed by atoms with Crippen LogP contribution in [0.15, 0.2) is 54.6 Å². The molecule has 2 aromatic rings. The van der Waals surface area contributed by atoms with Crippen molar-refractivity contribution in [2.45, 2.75) is 18.4 Å². The maximum atomic E-state index is 13.8. The van der Waals surface area contributed by atoms with Crippen LogP contribution in [-0.2, 0) is 0 Å². The van der Waals surface area contributed by atoms with Gasteiger partial charge in [0.15, 0.2) is 0 Å². The first kappa shape index (κ1) is 14.2. The van der Waals surface area contributed by atoms with Gasteiger partial charge in [-0.3, -0.25) is 0 Å². The highest BCUT2D eigenvalue weighted by molar-refractivity contribution is 5.23. The van der Waals surface area contributed by atoms with Crippen molar-refractivity contribution in [2.24, 2.45) is 5.73 Å². The Kier molecular flexibility index (Phi) is 4.32. The van der Waals surface area contributed by atoms with E-state index in [1.165, 1.54) is 11.6 Å². The molecule has 1 aliphatic heterocycles. The first-order valence-corrected chi connectivity index (χ1v) is 7.51. The maximum absolute atomic E-state index is 13.8. The van der Waals surface area contributed by atoms with Crippen LogP contribution < -0.4 is 5.73 Å². The normalized spacial score (nSPS) is 20.6. The van der Waals surface area contributed by atoms with E-state index in [1.54, 1.807) is 12.1 Å². The number of halogens is 1. The molecule has 1 aliphatic rings. The first-order valence-electron chi connectivity index (χ1n) is 7.51. The van der Waals surface area contributed by atoms with Crippen LogP contribution in [0.3, 0.4) is 0 Å². The van der Waals surface area contributed by atoms with Gasteiger partial charge in [0.1, 0.15) is 5.82 Å². The molecule has 0 spiro atoms. The van der Waals surface area contributed by atoms with Gasteiger partial charge in [-0.1, -0.05) is 48.5 Å². The molecular formula is C18H21FN2. The summed E-state index contributed by atoms with van der Waals surface area (Å²) < 4.78 is 13.8. The van der Waals surface area contributed by atoms with E-state index in [-0.39, 0.29) is 11.9 Å². The Bertz CT molecular complexity index is 585. The van der Waals surface area contributed by atoms with Crippen LogP contribution in [-0.4, -0.2) is 24.5 Å². The van der Waals surface area contributed by atoms with Crippen LogP contribution in [0.1, 0.15) is 29.5 Å². The van der Waals surface area contributed by atoms with E-state index in [4.69, 9.17) is 5.73 Å². The minimum Gasteiger partial charge on any atom is -0.323 e. The van der Waals surface area contributed by atoms with Gasteiger partial charge in [-0.05, 0) is 30.5 Å². The van der Waals surface area contributed by atoms with E-state index >= 15 is 0 Å². The van der Waals surface area contributed by atoms with Gasteiger partial charge >= 0.3 is 0 Å². The minimum atomic E-state index is -0.263. The van der Waals surface area contributed by atoms with Crippen LogP contribution in [0.25, 0.3) is 0 Å². The van der Waals surface area contributed by atoms with Gasteiger partial charge in [0.05, 0.1) is 0 Å². The summed E-state index contributed by atoms with van der Waals surface area (Å²) in [6.45, 7) is 2.75. The van der Waals surface area contributed by atoms with Crippen LogP contribution in [0.4, 0.5) is 4.39 Å². The van der Waals surface area contributed by atoms with E-state index in [9.17, 15) is 4.39 Å². The first-order chi connectivity index (χ1) is 10.2. The number of rotatable bonds is 4. The van der Waals surface area contributed by atoms with E-state index in [1.807, 2.05) is 12.1 Å². The van der Waals surface area contributed by atoms with E-state index in [0.717, 1.165) is 19.5 Å². The monoisotopic (exact) mass is 284 g/mol.